The standard InChI is InChI=1S/C38H27NO.C7H8/c1-4-12-27(13-5-1)25-39-26-31-18-10-21-36-38(31)34-24-30(22-23-35(34)40-36)33-20-11-19-32(28-14-6-2-7-15-28)37(33)29-16-8-3-9-17-29;1-7-5-3-2-4-6-7/h1-24,26H,25H2;2-6H,1H3. The van der Waals surface area contributed by atoms with Crippen molar-refractivity contribution in [3.63, 3.8) is 0 Å². The average molecular weight is 606 g/mol. The highest BCUT2D eigenvalue weighted by Gasteiger charge is 2.16. The van der Waals surface area contributed by atoms with E-state index in [0.29, 0.717) is 6.54 Å². The van der Waals surface area contributed by atoms with Crippen molar-refractivity contribution < 1.29 is 4.42 Å². The molecule has 0 aliphatic carbocycles. The molecule has 7 aromatic carbocycles. The van der Waals surface area contributed by atoms with Crippen molar-refractivity contribution in [2.45, 2.75) is 13.5 Å². The zero-order chi connectivity index (χ0) is 31.8. The Kier molecular flexibility index (Phi) is 8.83. The molecule has 0 atom stereocenters. The van der Waals surface area contributed by atoms with Crippen LogP contribution in [0.4, 0.5) is 0 Å². The number of hydrogen-bond acceptors (Lipinski definition) is 2. The fourth-order valence-corrected chi connectivity index (χ4v) is 6.06. The fraction of sp³-hybridized carbons (Fsp3) is 0.0444. The molecule has 0 fully saturated rings. The zero-order valence-electron chi connectivity index (χ0n) is 26.4. The van der Waals surface area contributed by atoms with E-state index in [2.05, 4.69) is 134 Å². The molecule has 8 aromatic rings. The minimum Gasteiger partial charge on any atom is -0.456 e. The summed E-state index contributed by atoms with van der Waals surface area (Å²) in [6.45, 7) is 2.73. The van der Waals surface area contributed by atoms with Crippen LogP contribution >= 0.6 is 0 Å². The number of furan rings is 1. The third-order valence-corrected chi connectivity index (χ3v) is 8.34. The molecule has 8 rings (SSSR count). The maximum Gasteiger partial charge on any atom is 0.136 e. The number of nitrogens with zero attached hydrogens (tertiary/aromatic N) is 1. The minimum atomic E-state index is 0.644. The molecule has 0 spiro atoms. The monoisotopic (exact) mass is 605 g/mol. The Morgan fingerprint density at radius 1 is 0.511 bits per heavy atom. The molecule has 226 valence electrons. The highest BCUT2D eigenvalue weighted by Crippen LogP contribution is 2.42. The summed E-state index contributed by atoms with van der Waals surface area (Å²) in [5, 5.41) is 2.19. The van der Waals surface area contributed by atoms with Gasteiger partial charge in [-0.15, -0.1) is 0 Å². The quantitative estimate of drug-likeness (QED) is 0.173. The second kappa shape index (κ2) is 14.0. The first kappa shape index (κ1) is 29.7. The van der Waals surface area contributed by atoms with Crippen LogP contribution in [0.1, 0.15) is 16.7 Å². The molecular weight excluding hydrogens is 571 g/mol. The van der Waals surface area contributed by atoms with E-state index in [0.717, 1.165) is 33.1 Å². The van der Waals surface area contributed by atoms with Gasteiger partial charge in [0.2, 0.25) is 0 Å². The minimum absolute atomic E-state index is 0.644. The number of fused-ring (bicyclic) bond motifs is 3. The number of rotatable bonds is 6. The Labute approximate surface area is 276 Å². The normalized spacial score (nSPS) is 11.1. The van der Waals surface area contributed by atoms with E-state index in [4.69, 9.17) is 9.41 Å². The van der Waals surface area contributed by atoms with Crippen molar-refractivity contribution in [1.29, 1.82) is 0 Å². The third-order valence-electron chi connectivity index (χ3n) is 8.34. The highest BCUT2D eigenvalue weighted by molar-refractivity contribution is 6.14. The lowest BCUT2D eigenvalue weighted by molar-refractivity contribution is 0.669. The summed E-state index contributed by atoms with van der Waals surface area (Å²) < 4.78 is 6.29. The first-order chi connectivity index (χ1) is 23.2. The van der Waals surface area contributed by atoms with Crippen molar-refractivity contribution in [2.75, 3.05) is 0 Å². The van der Waals surface area contributed by atoms with Gasteiger partial charge in [-0.05, 0) is 64.1 Å². The zero-order valence-corrected chi connectivity index (χ0v) is 26.4. The van der Waals surface area contributed by atoms with Crippen LogP contribution in [0.2, 0.25) is 0 Å². The van der Waals surface area contributed by atoms with E-state index in [-0.39, 0.29) is 0 Å². The molecule has 47 heavy (non-hydrogen) atoms. The van der Waals surface area contributed by atoms with Gasteiger partial charge in [0.05, 0.1) is 6.54 Å². The Morgan fingerprint density at radius 2 is 1.11 bits per heavy atom. The van der Waals surface area contributed by atoms with Crippen molar-refractivity contribution in [3.8, 4) is 33.4 Å². The van der Waals surface area contributed by atoms with Gasteiger partial charge in [-0.3, -0.25) is 4.99 Å². The number of aliphatic imine (C=N–C) groups is 1. The summed E-state index contributed by atoms with van der Waals surface area (Å²) >= 11 is 0. The largest absolute Gasteiger partial charge is 0.456 e. The van der Waals surface area contributed by atoms with Gasteiger partial charge in [-0.25, -0.2) is 0 Å². The molecule has 1 heterocycles. The van der Waals surface area contributed by atoms with Crippen molar-refractivity contribution >= 4 is 28.2 Å². The van der Waals surface area contributed by atoms with E-state index in [9.17, 15) is 0 Å². The van der Waals surface area contributed by atoms with Crippen LogP contribution in [0.3, 0.4) is 0 Å². The van der Waals surface area contributed by atoms with Crippen molar-refractivity contribution in [3.05, 3.63) is 193 Å². The molecule has 2 heteroatoms. The van der Waals surface area contributed by atoms with Crippen LogP contribution in [-0.2, 0) is 6.54 Å². The average Bonchev–Trinajstić information content (AvgIpc) is 3.52. The molecule has 0 N–H and O–H groups in total. The summed E-state index contributed by atoms with van der Waals surface area (Å²) in [7, 11) is 0. The lowest BCUT2D eigenvalue weighted by atomic mass is 9.87. The Bertz CT molecular complexity index is 2250. The molecule has 0 bridgehead atoms. The van der Waals surface area contributed by atoms with Gasteiger partial charge in [0.15, 0.2) is 0 Å². The Morgan fingerprint density at radius 3 is 1.77 bits per heavy atom. The van der Waals surface area contributed by atoms with Crippen LogP contribution in [0, 0.1) is 6.92 Å². The van der Waals surface area contributed by atoms with Crippen molar-refractivity contribution in [1.82, 2.24) is 0 Å². The van der Waals surface area contributed by atoms with E-state index >= 15 is 0 Å². The smallest absolute Gasteiger partial charge is 0.136 e. The topological polar surface area (TPSA) is 25.5 Å². The molecule has 0 saturated heterocycles. The van der Waals surface area contributed by atoms with Gasteiger partial charge >= 0.3 is 0 Å². The van der Waals surface area contributed by atoms with Gasteiger partial charge in [-0.1, -0.05) is 163 Å². The summed E-state index contributed by atoms with van der Waals surface area (Å²) in [6, 6.07) is 61.2. The fourth-order valence-electron chi connectivity index (χ4n) is 6.06. The predicted octanol–water partition coefficient (Wildman–Crippen LogP) is 12.2. The number of aryl methyl sites for hydroxylation is 1. The van der Waals surface area contributed by atoms with E-state index in [1.54, 1.807) is 0 Å². The molecule has 0 aliphatic rings. The molecule has 0 aliphatic heterocycles. The lowest BCUT2D eigenvalue weighted by Gasteiger charge is -2.16. The summed E-state index contributed by atoms with van der Waals surface area (Å²) in [6.07, 6.45) is 1.97. The molecule has 2 nitrogen and oxygen atoms in total. The summed E-state index contributed by atoms with van der Waals surface area (Å²) in [5.41, 5.74) is 12.5. The van der Waals surface area contributed by atoms with E-state index in [1.807, 2.05) is 54.7 Å². The first-order valence-corrected chi connectivity index (χ1v) is 16.0. The molecule has 1 aromatic heterocycles. The Hall–Kier alpha value is -5.99. The number of hydrogen-bond donors (Lipinski definition) is 0. The molecule has 0 radical (unpaired) electrons. The number of benzene rings is 7. The van der Waals surface area contributed by atoms with Gasteiger partial charge in [0.1, 0.15) is 11.2 Å². The third kappa shape index (κ3) is 6.68. The van der Waals surface area contributed by atoms with Gasteiger partial charge in [-0.2, -0.15) is 0 Å². The van der Waals surface area contributed by atoms with Gasteiger partial charge in [0, 0.05) is 22.6 Å². The van der Waals surface area contributed by atoms with E-state index < -0.39 is 0 Å². The van der Waals surface area contributed by atoms with Crippen LogP contribution in [0.15, 0.2) is 185 Å². The second-order valence-corrected chi connectivity index (χ2v) is 11.6. The molecule has 0 amide bonds. The Balaban J connectivity index is 0.000000447. The molecular formula is C45H35NO. The summed E-state index contributed by atoms with van der Waals surface area (Å²) in [4.78, 5) is 4.76. The second-order valence-electron chi connectivity index (χ2n) is 11.6. The first-order valence-electron chi connectivity index (χ1n) is 16.0. The molecule has 0 unspecified atom stereocenters. The van der Waals surface area contributed by atoms with E-state index in [1.165, 1.54) is 38.9 Å². The molecule has 0 saturated carbocycles. The SMILES string of the molecule is C(=NCc1ccccc1)c1cccc2oc3ccc(-c4cccc(-c5ccccc5)c4-c4ccccc4)cc3c12.Cc1ccccc1. The van der Waals surface area contributed by atoms with Crippen LogP contribution < -0.4 is 0 Å². The van der Waals surface area contributed by atoms with Gasteiger partial charge < -0.3 is 4.42 Å². The van der Waals surface area contributed by atoms with Crippen molar-refractivity contribution in [2.24, 2.45) is 4.99 Å². The maximum atomic E-state index is 6.29. The highest BCUT2D eigenvalue weighted by atomic mass is 16.3. The van der Waals surface area contributed by atoms with Gasteiger partial charge in [0.25, 0.3) is 0 Å². The lowest BCUT2D eigenvalue weighted by Crippen LogP contribution is -1.90. The maximum absolute atomic E-state index is 6.29. The van der Waals surface area contributed by atoms with Crippen LogP contribution in [0.25, 0.3) is 55.3 Å². The van der Waals surface area contributed by atoms with Crippen LogP contribution in [0.5, 0.6) is 0 Å². The summed E-state index contributed by atoms with van der Waals surface area (Å²) in [5.74, 6) is 0. The van der Waals surface area contributed by atoms with Crippen LogP contribution in [-0.4, -0.2) is 6.21 Å². The predicted molar refractivity (Wildman–Crippen MR) is 199 cm³/mol.